The van der Waals surface area contributed by atoms with Crippen LogP contribution in [-0.2, 0) is 28.6 Å². The number of hydrogen-bond acceptors (Lipinski definition) is 7. The molecule has 1 heterocycles. The summed E-state index contributed by atoms with van der Waals surface area (Å²) in [5.41, 5.74) is -0.241. The minimum atomic E-state index is -0.993. The number of cyclic esters (lactones) is 1. The molecular weight excluding hydrogens is 402 g/mol. The lowest BCUT2D eigenvalue weighted by Crippen LogP contribution is -2.43. The van der Waals surface area contributed by atoms with E-state index in [1.807, 2.05) is 0 Å². The predicted molar refractivity (Wildman–Crippen MR) is 113 cm³/mol. The van der Waals surface area contributed by atoms with Gasteiger partial charge in [0.25, 0.3) is 0 Å². The summed E-state index contributed by atoms with van der Waals surface area (Å²) in [6.07, 6.45) is 5.12. The number of hydrogen-bond donors (Lipinski definition) is 0. The van der Waals surface area contributed by atoms with Crippen LogP contribution in [-0.4, -0.2) is 47.7 Å². The number of ether oxygens (including phenoxy) is 3. The Kier molecular flexibility index (Phi) is 8.19. The molecule has 3 rings (SSSR count). The standard InChI is InChI=1S/C23H37NO7/c1-5-28-22(26)21(24(27)31-16-8-6-7-9-16)18-13-20(25)30-23(18)29-19-12-15(4)10-11-17(19)14(2)3/h14-19,23H,5-13H2,1-4H3/b24-21-/t15-,17+,18-,19-,23-/m1/s1. The highest BCUT2D eigenvalue weighted by atomic mass is 16.9. The minimum absolute atomic E-state index is 0.0959. The SMILES string of the molecule is CCOC(=O)/C([C@H]1CC(=O)O[C@H]1O[C@@H]1C[C@H](C)CC[C@H]1C(C)C)=[N+](/[O-])OC1CCCC1. The largest absolute Gasteiger partial charge is 0.458 e. The van der Waals surface area contributed by atoms with Gasteiger partial charge in [0.1, 0.15) is 5.92 Å². The molecule has 0 aromatic rings. The second-order valence-corrected chi connectivity index (χ2v) is 9.54. The first-order valence-corrected chi connectivity index (χ1v) is 11.8. The second-order valence-electron chi connectivity index (χ2n) is 9.54. The molecule has 0 N–H and O–H groups in total. The van der Waals surface area contributed by atoms with E-state index in [1.165, 1.54) is 0 Å². The molecule has 0 unspecified atom stereocenters. The number of esters is 2. The molecule has 5 atom stereocenters. The Balaban J connectivity index is 1.84. The molecule has 2 saturated carbocycles. The van der Waals surface area contributed by atoms with Gasteiger partial charge >= 0.3 is 17.7 Å². The molecule has 2 aliphatic carbocycles. The van der Waals surface area contributed by atoms with Crippen molar-refractivity contribution in [1.82, 2.24) is 0 Å². The van der Waals surface area contributed by atoms with Crippen LogP contribution in [0.4, 0.5) is 0 Å². The smallest absolute Gasteiger partial charge is 0.405 e. The molecule has 0 aromatic heterocycles. The normalized spacial score (nSPS) is 32.7. The molecule has 0 radical (unpaired) electrons. The number of rotatable bonds is 8. The lowest BCUT2D eigenvalue weighted by Gasteiger charge is -2.38. The summed E-state index contributed by atoms with van der Waals surface area (Å²) in [5.74, 6) is -0.870. The summed E-state index contributed by atoms with van der Waals surface area (Å²) in [6, 6.07) is 0. The quantitative estimate of drug-likeness (QED) is 0.246. The zero-order valence-corrected chi connectivity index (χ0v) is 19.2. The van der Waals surface area contributed by atoms with E-state index in [9.17, 15) is 14.8 Å². The Morgan fingerprint density at radius 2 is 1.94 bits per heavy atom. The molecule has 1 aliphatic heterocycles. The van der Waals surface area contributed by atoms with Crippen LogP contribution in [0.2, 0.25) is 0 Å². The van der Waals surface area contributed by atoms with Crippen molar-refractivity contribution in [3.63, 3.8) is 0 Å². The third-order valence-electron chi connectivity index (χ3n) is 6.81. The maximum Gasteiger partial charge on any atom is 0.405 e. The monoisotopic (exact) mass is 439 g/mol. The average Bonchev–Trinajstić information content (AvgIpc) is 3.32. The fourth-order valence-electron chi connectivity index (χ4n) is 5.08. The third-order valence-corrected chi connectivity index (χ3v) is 6.81. The molecule has 1 saturated heterocycles. The highest BCUT2D eigenvalue weighted by molar-refractivity contribution is 6.35. The van der Waals surface area contributed by atoms with Crippen molar-refractivity contribution >= 4 is 17.7 Å². The van der Waals surface area contributed by atoms with Crippen molar-refractivity contribution in [2.24, 2.45) is 23.7 Å². The number of carbonyl (C=O) groups excluding carboxylic acids is 2. The van der Waals surface area contributed by atoms with Gasteiger partial charge in [-0.05, 0) is 50.4 Å². The summed E-state index contributed by atoms with van der Waals surface area (Å²) in [4.78, 5) is 30.7. The van der Waals surface area contributed by atoms with Gasteiger partial charge < -0.3 is 19.0 Å². The van der Waals surface area contributed by atoms with Crippen molar-refractivity contribution in [2.75, 3.05) is 6.61 Å². The van der Waals surface area contributed by atoms with Gasteiger partial charge in [0.15, 0.2) is 0 Å². The summed E-state index contributed by atoms with van der Waals surface area (Å²) in [7, 11) is 0. The lowest BCUT2D eigenvalue weighted by atomic mass is 9.75. The Morgan fingerprint density at radius 1 is 1.23 bits per heavy atom. The fourth-order valence-corrected chi connectivity index (χ4v) is 5.08. The van der Waals surface area contributed by atoms with E-state index in [0.717, 1.165) is 44.9 Å². The van der Waals surface area contributed by atoms with Crippen LogP contribution in [0.3, 0.4) is 0 Å². The van der Waals surface area contributed by atoms with E-state index >= 15 is 0 Å². The van der Waals surface area contributed by atoms with Gasteiger partial charge in [0.05, 0.1) is 25.2 Å². The fraction of sp³-hybridized carbons (Fsp3) is 0.870. The van der Waals surface area contributed by atoms with Crippen molar-refractivity contribution in [2.45, 2.75) is 97.6 Å². The maximum absolute atomic E-state index is 12.9. The molecule has 0 aromatic carbocycles. The van der Waals surface area contributed by atoms with Crippen LogP contribution in [0.1, 0.15) is 79.1 Å². The van der Waals surface area contributed by atoms with E-state index in [0.29, 0.717) is 17.8 Å². The van der Waals surface area contributed by atoms with Crippen LogP contribution in [0.25, 0.3) is 0 Å². The number of nitrogens with zero attached hydrogens (tertiary/aromatic N) is 1. The Morgan fingerprint density at radius 3 is 2.58 bits per heavy atom. The predicted octanol–water partition coefficient (Wildman–Crippen LogP) is 3.74. The van der Waals surface area contributed by atoms with Crippen molar-refractivity contribution in [3.8, 4) is 0 Å². The van der Waals surface area contributed by atoms with Crippen LogP contribution in [0.5, 0.6) is 0 Å². The minimum Gasteiger partial charge on any atom is -0.458 e. The van der Waals surface area contributed by atoms with Gasteiger partial charge in [-0.15, -0.1) is 0 Å². The molecule has 8 nitrogen and oxygen atoms in total. The molecule has 176 valence electrons. The van der Waals surface area contributed by atoms with Gasteiger partial charge in [-0.2, -0.15) is 0 Å². The van der Waals surface area contributed by atoms with Gasteiger partial charge in [-0.1, -0.05) is 40.0 Å². The molecule has 31 heavy (non-hydrogen) atoms. The molecule has 3 aliphatic rings. The third kappa shape index (κ3) is 5.90. The van der Waals surface area contributed by atoms with Crippen molar-refractivity contribution in [3.05, 3.63) is 5.21 Å². The van der Waals surface area contributed by atoms with Crippen molar-refractivity contribution < 1.29 is 33.5 Å². The van der Waals surface area contributed by atoms with Crippen molar-refractivity contribution in [1.29, 1.82) is 0 Å². The van der Waals surface area contributed by atoms with E-state index in [-0.39, 0.29) is 35.8 Å². The van der Waals surface area contributed by atoms with E-state index < -0.39 is 24.1 Å². The van der Waals surface area contributed by atoms with Gasteiger partial charge in [0, 0.05) is 4.90 Å². The zero-order valence-electron chi connectivity index (χ0n) is 19.2. The first kappa shape index (κ1) is 23.8. The van der Waals surface area contributed by atoms with Gasteiger partial charge in [-0.25, -0.2) is 4.79 Å². The zero-order chi connectivity index (χ0) is 22.5. The van der Waals surface area contributed by atoms with Crippen LogP contribution >= 0.6 is 0 Å². The molecule has 8 heteroatoms. The van der Waals surface area contributed by atoms with E-state index in [4.69, 9.17) is 19.0 Å². The summed E-state index contributed by atoms with van der Waals surface area (Å²) in [5, 5.41) is 12.9. The summed E-state index contributed by atoms with van der Waals surface area (Å²) < 4.78 is 16.9. The second kappa shape index (κ2) is 10.7. The summed E-state index contributed by atoms with van der Waals surface area (Å²) >= 11 is 0. The van der Waals surface area contributed by atoms with Gasteiger partial charge in [-0.3, -0.25) is 10.0 Å². The van der Waals surface area contributed by atoms with E-state index in [1.54, 1.807) is 6.92 Å². The highest BCUT2D eigenvalue weighted by Crippen LogP contribution is 2.38. The molecule has 0 spiro atoms. The molecule has 3 fully saturated rings. The van der Waals surface area contributed by atoms with Crippen LogP contribution in [0, 0.1) is 28.9 Å². The van der Waals surface area contributed by atoms with Crippen LogP contribution in [0.15, 0.2) is 0 Å². The first-order chi connectivity index (χ1) is 14.8. The average molecular weight is 440 g/mol. The summed E-state index contributed by atoms with van der Waals surface area (Å²) in [6.45, 7) is 8.31. The van der Waals surface area contributed by atoms with Crippen LogP contribution < -0.4 is 0 Å². The van der Waals surface area contributed by atoms with E-state index in [2.05, 4.69) is 20.8 Å². The molecule has 0 amide bonds. The highest BCUT2D eigenvalue weighted by Gasteiger charge is 2.50. The number of carbonyl (C=O) groups is 2. The Hall–Kier alpha value is -1.83. The first-order valence-electron chi connectivity index (χ1n) is 11.8. The Bertz CT molecular complexity index is 671. The Labute approximate surface area is 184 Å². The topological polar surface area (TPSA) is 97.1 Å². The molecule has 0 bridgehead atoms. The lowest BCUT2D eigenvalue weighted by molar-refractivity contribution is -0.753. The van der Waals surface area contributed by atoms with Gasteiger partial charge in [0.2, 0.25) is 6.29 Å². The molecular formula is C23H37NO7. The maximum atomic E-state index is 12.9.